The fourth-order valence-electron chi connectivity index (χ4n) is 2.85. The Morgan fingerprint density at radius 3 is 3.04 bits per heavy atom. The number of nitrogens with zero attached hydrogens (tertiary/aromatic N) is 4. The molecular weight excluding hydrogens is 304 g/mol. The van der Waals surface area contributed by atoms with Crippen molar-refractivity contribution < 1.29 is 9.57 Å². The van der Waals surface area contributed by atoms with Crippen molar-refractivity contribution in [2.75, 3.05) is 20.7 Å². The van der Waals surface area contributed by atoms with E-state index in [0.29, 0.717) is 0 Å². The van der Waals surface area contributed by atoms with Crippen molar-refractivity contribution in [1.29, 1.82) is 0 Å². The normalized spacial score (nSPS) is 17.0. The van der Waals surface area contributed by atoms with Crippen molar-refractivity contribution >= 4 is 5.71 Å². The number of hydrogen-bond acceptors (Lipinski definition) is 5. The second-order valence-corrected chi connectivity index (χ2v) is 6.13. The van der Waals surface area contributed by atoms with E-state index >= 15 is 0 Å². The zero-order valence-electron chi connectivity index (χ0n) is 14.5. The average molecular weight is 328 g/mol. The molecule has 0 fully saturated rings. The predicted molar refractivity (Wildman–Crippen MR) is 93.7 cm³/mol. The van der Waals surface area contributed by atoms with Gasteiger partial charge in [-0.15, -0.1) is 0 Å². The highest BCUT2D eigenvalue weighted by Gasteiger charge is 2.21. The van der Waals surface area contributed by atoms with Gasteiger partial charge in [-0.05, 0) is 25.6 Å². The molecular formula is C18H24N4O2. The first-order valence-electron chi connectivity index (χ1n) is 8.26. The zero-order valence-corrected chi connectivity index (χ0v) is 14.5. The monoisotopic (exact) mass is 328 g/mol. The molecule has 1 aromatic heterocycles. The molecule has 2 aromatic rings. The van der Waals surface area contributed by atoms with Gasteiger partial charge in [-0.25, -0.2) is 4.68 Å². The maximum absolute atomic E-state index is 5.48. The van der Waals surface area contributed by atoms with Gasteiger partial charge < -0.3 is 9.57 Å². The van der Waals surface area contributed by atoms with E-state index in [1.54, 1.807) is 7.11 Å². The van der Waals surface area contributed by atoms with Crippen molar-refractivity contribution in [2.45, 2.75) is 32.4 Å². The van der Waals surface area contributed by atoms with E-state index in [0.717, 1.165) is 48.6 Å². The lowest BCUT2D eigenvalue weighted by Crippen LogP contribution is -2.28. The van der Waals surface area contributed by atoms with Gasteiger partial charge in [-0.2, -0.15) is 5.10 Å². The van der Waals surface area contributed by atoms with Crippen molar-refractivity contribution in [2.24, 2.45) is 5.16 Å². The van der Waals surface area contributed by atoms with Crippen LogP contribution in [0.2, 0.25) is 0 Å². The molecule has 1 aliphatic rings. The third-order valence-electron chi connectivity index (χ3n) is 4.12. The summed E-state index contributed by atoms with van der Waals surface area (Å²) in [6.45, 7) is 3.80. The number of methoxy groups -OCH3 is 1. The topological polar surface area (TPSA) is 51.9 Å². The molecule has 0 N–H and O–H groups in total. The minimum Gasteiger partial charge on any atom is -0.497 e. The van der Waals surface area contributed by atoms with Crippen molar-refractivity contribution in [3.8, 4) is 11.4 Å². The number of hydrogen-bond donors (Lipinski definition) is 0. The van der Waals surface area contributed by atoms with Crippen LogP contribution in [0, 0.1) is 0 Å². The van der Waals surface area contributed by atoms with Gasteiger partial charge in [-0.3, -0.25) is 4.90 Å². The molecule has 0 bridgehead atoms. The van der Waals surface area contributed by atoms with E-state index in [9.17, 15) is 0 Å². The molecule has 0 radical (unpaired) electrons. The minimum absolute atomic E-state index is 0.165. The predicted octanol–water partition coefficient (Wildman–Crippen LogP) is 2.87. The number of aromatic nitrogens is 2. The van der Waals surface area contributed by atoms with Gasteiger partial charge in [0.2, 0.25) is 0 Å². The fourth-order valence-corrected chi connectivity index (χ4v) is 2.85. The molecule has 24 heavy (non-hydrogen) atoms. The lowest BCUT2D eigenvalue weighted by atomic mass is 10.1. The van der Waals surface area contributed by atoms with Crippen LogP contribution in [0.1, 0.15) is 25.3 Å². The molecule has 128 valence electrons. The van der Waals surface area contributed by atoms with Crippen LogP contribution in [-0.4, -0.2) is 47.2 Å². The Hall–Kier alpha value is -2.34. The summed E-state index contributed by atoms with van der Waals surface area (Å²) in [7, 11) is 3.76. The second-order valence-electron chi connectivity index (χ2n) is 6.13. The summed E-state index contributed by atoms with van der Waals surface area (Å²) in [5, 5.41) is 8.57. The van der Waals surface area contributed by atoms with Crippen LogP contribution in [0.15, 0.2) is 41.8 Å². The van der Waals surface area contributed by atoms with Crippen molar-refractivity contribution in [3.05, 3.63) is 42.2 Å². The van der Waals surface area contributed by atoms with E-state index in [2.05, 4.69) is 35.3 Å². The highest BCUT2D eigenvalue weighted by molar-refractivity contribution is 5.85. The van der Waals surface area contributed by atoms with E-state index in [1.165, 1.54) is 0 Å². The van der Waals surface area contributed by atoms with Gasteiger partial charge in [0.15, 0.2) is 0 Å². The fraction of sp³-hybridized carbons (Fsp3) is 0.444. The van der Waals surface area contributed by atoms with Crippen LogP contribution >= 0.6 is 0 Å². The molecule has 2 heterocycles. The van der Waals surface area contributed by atoms with Crippen LogP contribution < -0.4 is 4.74 Å². The molecule has 6 nitrogen and oxygen atoms in total. The van der Waals surface area contributed by atoms with Gasteiger partial charge in [-0.1, -0.05) is 18.1 Å². The van der Waals surface area contributed by atoms with Crippen molar-refractivity contribution in [3.63, 3.8) is 0 Å². The molecule has 0 saturated heterocycles. The second kappa shape index (κ2) is 7.49. The number of oxime groups is 1. The van der Waals surface area contributed by atoms with E-state index < -0.39 is 0 Å². The minimum atomic E-state index is 0.165. The first-order valence-corrected chi connectivity index (χ1v) is 8.26. The molecule has 0 aliphatic carbocycles. The van der Waals surface area contributed by atoms with E-state index in [4.69, 9.17) is 9.57 Å². The lowest BCUT2D eigenvalue weighted by molar-refractivity contribution is 0.0576. The van der Waals surface area contributed by atoms with Crippen LogP contribution in [0.3, 0.4) is 0 Å². The van der Waals surface area contributed by atoms with Gasteiger partial charge in [0.05, 0.1) is 24.7 Å². The third kappa shape index (κ3) is 3.94. The van der Waals surface area contributed by atoms with Crippen LogP contribution in [-0.2, 0) is 11.4 Å². The zero-order chi connectivity index (χ0) is 16.9. The summed E-state index contributed by atoms with van der Waals surface area (Å²) in [6.07, 6.45) is 6.02. The Kier molecular flexibility index (Phi) is 5.15. The summed E-state index contributed by atoms with van der Waals surface area (Å²) >= 11 is 0. The standard InChI is InChI=1S/C18H24N4O2/c1-4-15-8-18(24-20-15)13-21(2)11-14-10-19-22(12-14)16-6-5-7-17(9-16)23-3/h5-7,9-10,12,18H,4,8,11,13H2,1-3H3/t18-/m0/s1. The van der Waals surface area contributed by atoms with Crippen LogP contribution in [0.25, 0.3) is 5.69 Å². The Morgan fingerprint density at radius 1 is 1.42 bits per heavy atom. The smallest absolute Gasteiger partial charge is 0.145 e. The Morgan fingerprint density at radius 2 is 2.29 bits per heavy atom. The van der Waals surface area contributed by atoms with E-state index in [-0.39, 0.29) is 6.10 Å². The largest absolute Gasteiger partial charge is 0.497 e. The molecule has 1 aromatic carbocycles. The molecule has 1 atom stereocenters. The number of rotatable bonds is 7. The number of benzene rings is 1. The first-order chi connectivity index (χ1) is 11.7. The Labute approximate surface area is 142 Å². The molecule has 0 spiro atoms. The summed E-state index contributed by atoms with van der Waals surface area (Å²) < 4.78 is 7.14. The van der Waals surface area contributed by atoms with Gasteiger partial charge in [0.1, 0.15) is 11.9 Å². The molecule has 6 heteroatoms. The summed E-state index contributed by atoms with van der Waals surface area (Å²) in [5.74, 6) is 0.826. The maximum atomic E-state index is 5.48. The maximum Gasteiger partial charge on any atom is 0.145 e. The van der Waals surface area contributed by atoms with Crippen LogP contribution in [0.5, 0.6) is 5.75 Å². The van der Waals surface area contributed by atoms with Gasteiger partial charge in [0, 0.05) is 37.3 Å². The van der Waals surface area contributed by atoms with Crippen LogP contribution in [0.4, 0.5) is 0 Å². The highest BCUT2D eigenvalue weighted by Crippen LogP contribution is 2.17. The van der Waals surface area contributed by atoms with Crippen molar-refractivity contribution in [1.82, 2.24) is 14.7 Å². The molecule has 0 amide bonds. The lowest BCUT2D eigenvalue weighted by Gasteiger charge is -2.18. The van der Waals surface area contributed by atoms with Gasteiger partial charge in [0.25, 0.3) is 0 Å². The number of ether oxygens (including phenoxy) is 1. The third-order valence-corrected chi connectivity index (χ3v) is 4.12. The first kappa shape index (κ1) is 16.5. The SMILES string of the molecule is CCC1=NO[C@H](CN(C)Cc2cnn(-c3cccc(OC)c3)c2)C1. The molecule has 1 aliphatic heterocycles. The van der Waals surface area contributed by atoms with E-state index in [1.807, 2.05) is 35.1 Å². The number of likely N-dealkylation sites (N-methyl/N-ethyl adjacent to an activating group) is 1. The molecule has 0 saturated carbocycles. The summed E-state index contributed by atoms with van der Waals surface area (Å²) in [6, 6.07) is 7.87. The average Bonchev–Trinajstić information content (AvgIpc) is 3.24. The quantitative estimate of drug-likeness (QED) is 0.784. The summed E-state index contributed by atoms with van der Waals surface area (Å²) in [5.41, 5.74) is 3.30. The Bertz CT molecular complexity index is 711. The van der Waals surface area contributed by atoms with Gasteiger partial charge >= 0.3 is 0 Å². The summed E-state index contributed by atoms with van der Waals surface area (Å²) in [4.78, 5) is 7.72. The molecule has 0 unspecified atom stereocenters. The Balaban J connectivity index is 1.57. The molecule has 3 rings (SSSR count). The highest BCUT2D eigenvalue weighted by atomic mass is 16.6.